The van der Waals surface area contributed by atoms with Gasteiger partial charge in [-0.3, -0.25) is 9.78 Å². The Morgan fingerprint density at radius 3 is 2.50 bits per heavy atom. The Hall–Kier alpha value is -2.21. The molecule has 0 saturated heterocycles. The van der Waals surface area contributed by atoms with Crippen molar-refractivity contribution in [3.63, 3.8) is 0 Å². The number of nitrogens with one attached hydrogen (secondary N) is 1. The SMILES string of the molecule is COc1ccc(-n2c(=O)[nH]c(Cl)c(C)c2=O)c(OC)c1. The summed E-state index contributed by atoms with van der Waals surface area (Å²) in [5.41, 5.74) is -0.556. The Morgan fingerprint density at radius 2 is 1.90 bits per heavy atom. The van der Waals surface area contributed by atoms with Gasteiger partial charge in [-0.25, -0.2) is 9.36 Å². The van der Waals surface area contributed by atoms with Gasteiger partial charge in [0.25, 0.3) is 5.56 Å². The summed E-state index contributed by atoms with van der Waals surface area (Å²) in [6.45, 7) is 1.53. The van der Waals surface area contributed by atoms with Crippen molar-refractivity contribution in [1.29, 1.82) is 0 Å². The number of aromatic amines is 1. The number of nitrogens with zero attached hydrogens (tertiary/aromatic N) is 1. The van der Waals surface area contributed by atoms with E-state index < -0.39 is 11.2 Å². The molecule has 0 aliphatic carbocycles. The first-order valence-electron chi connectivity index (χ1n) is 5.73. The van der Waals surface area contributed by atoms with Crippen LogP contribution in [0.15, 0.2) is 27.8 Å². The first kappa shape index (κ1) is 14.2. The van der Waals surface area contributed by atoms with Crippen LogP contribution < -0.4 is 20.7 Å². The summed E-state index contributed by atoms with van der Waals surface area (Å²) in [6.07, 6.45) is 0. The van der Waals surface area contributed by atoms with Gasteiger partial charge in [-0.05, 0) is 19.1 Å². The minimum Gasteiger partial charge on any atom is -0.497 e. The molecule has 2 aromatic rings. The number of H-pyrrole nitrogens is 1. The molecule has 1 heterocycles. The number of hydrogen-bond acceptors (Lipinski definition) is 4. The van der Waals surface area contributed by atoms with Crippen molar-refractivity contribution in [2.45, 2.75) is 6.92 Å². The lowest BCUT2D eigenvalue weighted by Crippen LogP contribution is -2.35. The fourth-order valence-electron chi connectivity index (χ4n) is 1.79. The number of halogens is 1. The van der Waals surface area contributed by atoms with Gasteiger partial charge in [0, 0.05) is 6.07 Å². The van der Waals surface area contributed by atoms with Crippen molar-refractivity contribution < 1.29 is 9.47 Å². The van der Waals surface area contributed by atoms with Crippen molar-refractivity contribution in [2.24, 2.45) is 0 Å². The zero-order valence-electron chi connectivity index (χ0n) is 11.2. The fourth-order valence-corrected chi connectivity index (χ4v) is 1.95. The van der Waals surface area contributed by atoms with Crippen molar-refractivity contribution >= 4 is 11.6 Å². The highest BCUT2D eigenvalue weighted by Crippen LogP contribution is 2.26. The predicted molar refractivity (Wildman–Crippen MR) is 75.5 cm³/mol. The van der Waals surface area contributed by atoms with Gasteiger partial charge in [-0.15, -0.1) is 0 Å². The second-order valence-electron chi connectivity index (χ2n) is 4.05. The molecule has 0 saturated carbocycles. The predicted octanol–water partition coefficient (Wildman–Crippen LogP) is 1.50. The summed E-state index contributed by atoms with van der Waals surface area (Å²) in [6, 6.07) is 4.79. The maximum absolute atomic E-state index is 12.2. The van der Waals surface area contributed by atoms with Crippen LogP contribution in [-0.2, 0) is 0 Å². The maximum Gasteiger partial charge on any atom is 0.334 e. The topological polar surface area (TPSA) is 73.3 Å². The molecule has 0 aliphatic rings. The summed E-state index contributed by atoms with van der Waals surface area (Å²) in [5, 5.41) is 0.0312. The van der Waals surface area contributed by atoms with Crippen molar-refractivity contribution in [2.75, 3.05) is 14.2 Å². The molecule has 20 heavy (non-hydrogen) atoms. The van der Waals surface area contributed by atoms with E-state index in [9.17, 15) is 9.59 Å². The van der Waals surface area contributed by atoms with Crippen LogP contribution in [0.25, 0.3) is 5.69 Å². The smallest absolute Gasteiger partial charge is 0.334 e. The first-order chi connectivity index (χ1) is 9.49. The molecule has 1 N–H and O–H groups in total. The molecule has 0 bridgehead atoms. The van der Waals surface area contributed by atoms with Gasteiger partial charge < -0.3 is 9.47 Å². The van der Waals surface area contributed by atoms with Gasteiger partial charge in [-0.2, -0.15) is 0 Å². The molecule has 0 radical (unpaired) electrons. The molecule has 6 nitrogen and oxygen atoms in total. The zero-order valence-corrected chi connectivity index (χ0v) is 11.9. The van der Waals surface area contributed by atoms with Gasteiger partial charge in [-0.1, -0.05) is 11.6 Å². The molecule has 0 amide bonds. The zero-order chi connectivity index (χ0) is 14.9. The molecule has 0 unspecified atom stereocenters. The summed E-state index contributed by atoms with van der Waals surface area (Å²) in [7, 11) is 2.96. The molecule has 106 valence electrons. The second-order valence-corrected chi connectivity index (χ2v) is 4.43. The molecular weight excluding hydrogens is 284 g/mol. The van der Waals surface area contributed by atoms with Gasteiger partial charge in [0.05, 0.1) is 25.5 Å². The molecule has 0 aliphatic heterocycles. The Bertz CT molecular complexity index is 764. The normalized spacial score (nSPS) is 10.4. The van der Waals surface area contributed by atoms with Gasteiger partial charge in [0.1, 0.15) is 16.7 Å². The quantitative estimate of drug-likeness (QED) is 0.871. The van der Waals surface area contributed by atoms with E-state index in [1.165, 1.54) is 21.1 Å². The Morgan fingerprint density at radius 1 is 1.20 bits per heavy atom. The average Bonchev–Trinajstić information content (AvgIpc) is 2.45. The lowest BCUT2D eigenvalue weighted by atomic mass is 10.2. The van der Waals surface area contributed by atoms with Crippen LogP contribution in [0.4, 0.5) is 0 Å². The van der Waals surface area contributed by atoms with Crippen molar-refractivity contribution in [1.82, 2.24) is 9.55 Å². The molecular formula is C13H13ClN2O4. The molecule has 0 atom stereocenters. The number of methoxy groups -OCH3 is 2. The second kappa shape index (κ2) is 5.42. The van der Waals surface area contributed by atoms with E-state index in [1.807, 2.05) is 0 Å². The van der Waals surface area contributed by atoms with Crippen LogP contribution in [-0.4, -0.2) is 23.8 Å². The summed E-state index contributed by atoms with van der Waals surface area (Å²) in [4.78, 5) is 26.6. The van der Waals surface area contributed by atoms with Crippen LogP contribution in [0, 0.1) is 6.92 Å². The number of benzene rings is 1. The summed E-state index contributed by atoms with van der Waals surface area (Å²) in [5.74, 6) is 0.902. The summed E-state index contributed by atoms with van der Waals surface area (Å²) >= 11 is 5.78. The molecule has 0 spiro atoms. The monoisotopic (exact) mass is 296 g/mol. The van der Waals surface area contributed by atoms with Gasteiger partial charge >= 0.3 is 5.69 Å². The van der Waals surface area contributed by atoms with Gasteiger partial charge in [0.2, 0.25) is 0 Å². The Kier molecular flexibility index (Phi) is 3.85. The minimum atomic E-state index is -0.630. The molecule has 7 heteroatoms. The fraction of sp³-hybridized carbons (Fsp3) is 0.231. The Labute approximate surface area is 119 Å². The number of ether oxygens (including phenoxy) is 2. The van der Waals surface area contributed by atoms with E-state index in [4.69, 9.17) is 21.1 Å². The van der Waals surface area contributed by atoms with E-state index >= 15 is 0 Å². The van der Waals surface area contributed by atoms with Crippen molar-refractivity contribution in [3.8, 4) is 17.2 Å². The van der Waals surface area contributed by atoms with Crippen LogP contribution in [0.1, 0.15) is 5.56 Å². The Balaban J connectivity index is 2.79. The third-order valence-electron chi connectivity index (χ3n) is 2.90. The minimum absolute atomic E-state index is 0.0312. The third-order valence-corrected chi connectivity index (χ3v) is 3.28. The lowest BCUT2D eigenvalue weighted by molar-refractivity contribution is 0.392. The van der Waals surface area contributed by atoms with E-state index in [0.29, 0.717) is 17.2 Å². The van der Waals surface area contributed by atoms with Crippen LogP contribution >= 0.6 is 11.6 Å². The molecule has 2 rings (SSSR count). The third kappa shape index (κ3) is 2.30. The van der Waals surface area contributed by atoms with Crippen LogP contribution in [0.5, 0.6) is 11.5 Å². The maximum atomic E-state index is 12.2. The first-order valence-corrected chi connectivity index (χ1v) is 6.11. The van der Waals surface area contributed by atoms with Crippen LogP contribution in [0.2, 0.25) is 5.15 Å². The average molecular weight is 297 g/mol. The molecule has 1 aromatic heterocycles. The lowest BCUT2D eigenvalue weighted by Gasteiger charge is -2.12. The van der Waals surface area contributed by atoms with E-state index in [-0.39, 0.29) is 10.7 Å². The van der Waals surface area contributed by atoms with E-state index in [0.717, 1.165) is 4.57 Å². The highest BCUT2D eigenvalue weighted by atomic mass is 35.5. The molecule has 1 aromatic carbocycles. The number of rotatable bonds is 3. The summed E-state index contributed by atoms with van der Waals surface area (Å²) < 4.78 is 11.2. The largest absolute Gasteiger partial charge is 0.497 e. The highest BCUT2D eigenvalue weighted by Gasteiger charge is 2.15. The standard InChI is InChI=1S/C13H13ClN2O4/c1-7-11(14)15-13(18)16(12(7)17)9-5-4-8(19-2)6-10(9)20-3/h4-6H,1-3H3,(H,15,18). The van der Waals surface area contributed by atoms with Gasteiger partial charge in [0.15, 0.2) is 0 Å². The molecule has 0 fully saturated rings. The van der Waals surface area contributed by atoms with E-state index in [1.54, 1.807) is 18.2 Å². The number of aromatic nitrogens is 2. The van der Waals surface area contributed by atoms with Crippen molar-refractivity contribution in [3.05, 3.63) is 49.8 Å². The highest BCUT2D eigenvalue weighted by molar-refractivity contribution is 6.30. The van der Waals surface area contributed by atoms with E-state index in [2.05, 4.69) is 4.98 Å². The number of hydrogen-bond donors (Lipinski definition) is 1. The van der Waals surface area contributed by atoms with Crippen LogP contribution in [0.3, 0.4) is 0 Å².